The van der Waals surface area contributed by atoms with Gasteiger partial charge in [-0.05, 0) is 12.1 Å². The molecule has 1 heterocycles. The second-order valence-corrected chi connectivity index (χ2v) is 5.53. The van der Waals surface area contributed by atoms with Crippen molar-refractivity contribution in [3.63, 3.8) is 0 Å². The molecule has 0 saturated carbocycles. The highest BCUT2D eigenvalue weighted by Crippen LogP contribution is 2.23. The molecule has 2 rings (SSSR count). The van der Waals surface area contributed by atoms with Crippen LogP contribution in [0.2, 0.25) is 0 Å². The smallest absolute Gasteiger partial charge is 0.321 e. The molecule has 0 saturated heterocycles. The fourth-order valence-electron chi connectivity index (χ4n) is 1.50. The summed E-state index contributed by atoms with van der Waals surface area (Å²) in [6, 6.07) is 4.88. The molecule has 6 heteroatoms. The van der Waals surface area contributed by atoms with E-state index in [0.717, 1.165) is 5.56 Å². The molecule has 2 aromatic rings. The first-order valence-corrected chi connectivity index (χ1v) is 7.00. The van der Waals surface area contributed by atoms with Crippen LogP contribution in [0.1, 0.15) is 19.4 Å². The Morgan fingerprint density at radius 1 is 1.25 bits per heavy atom. The predicted molar refractivity (Wildman–Crippen MR) is 78.2 cm³/mol. The van der Waals surface area contributed by atoms with Gasteiger partial charge in [0, 0.05) is 41.1 Å². The maximum absolute atomic E-state index is 13.2. The summed E-state index contributed by atoms with van der Waals surface area (Å²) < 4.78 is 19.2. The van der Waals surface area contributed by atoms with Crippen molar-refractivity contribution in [3.05, 3.63) is 46.4 Å². The minimum atomic E-state index is -0.382. The van der Waals surface area contributed by atoms with Gasteiger partial charge in [0.15, 0.2) is 0 Å². The number of aromatic nitrogens is 2. The van der Waals surface area contributed by atoms with Crippen LogP contribution in [0.5, 0.6) is 11.8 Å². The van der Waals surface area contributed by atoms with Crippen molar-refractivity contribution in [1.82, 2.24) is 15.3 Å². The molecule has 0 aliphatic carbocycles. The molecule has 1 N–H and O–H groups in total. The van der Waals surface area contributed by atoms with Crippen LogP contribution >= 0.6 is 15.9 Å². The molecule has 0 bridgehead atoms. The molecule has 0 unspecified atom stereocenters. The van der Waals surface area contributed by atoms with E-state index in [0.29, 0.717) is 22.8 Å². The van der Waals surface area contributed by atoms with Crippen molar-refractivity contribution in [2.45, 2.75) is 26.4 Å². The number of ether oxygens (including phenoxy) is 1. The van der Waals surface area contributed by atoms with Crippen LogP contribution in [0.3, 0.4) is 0 Å². The molecule has 0 aliphatic rings. The molecule has 0 atom stereocenters. The Balaban J connectivity index is 2.03. The minimum absolute atomic E-state index is 0.191. The Morgan fingerprint density at radius 3 is 2.55 bits per heavy atom. The van der Waals surface area contributed by atoms with Crippen molar-refractivity contribution >= 4 is 15.9 Å². The summed E-state index contributed by atoms with van der Waals surface area (Å²) in [5, 5.41) is 3.27. The van der Waals surface area contributed by atoms with Crippen LogP contribution in [0, 0.1) is 5.82 Å². The first-order chi connectivity index (χ1) is 9.52. The molecule has 0 spiro atoms. The Hall–Kier alpha value is -1.53. The van der Waals surface area contributed by atoms with Crippen molar-refractivity contribution in [2.75, 3.05) is 0 Å². The Kier molecular flexibility index (Phi) is 5.03. The van der Waals surface area contributed by atoms with Crippen molar-refractivity contribution < 1.29 is 9.13 Å². The van der Waals surface area contributed by atoms with Gasteiger partial charge in [0.25, 0.3) is 0 Å². The van der Waals surface area contributed by atoms with Crippen molar-refractivity contribution in [3.8, 4) is 11.8 Å². The molecular formula is C14H15BrFN3O. The van der Waals surface area contributed by atoms with Gasteiger partial charge in [-0.3, -0.25) is 0 Å². The van der Waals surface area contributed by atoms with Gasteiger partial charge in [0.05, 0.1) is 0 Å². The van der Waals surface area contributed by atoms with Gasteiger partial charge in [-0.2, -0.15) is 0 Å². The summed E-state index contributed by atoms with van der Waals surface area (Å²) in [5.41, 5.74) is 0.964. The summed E-state index contributed by atoms with van der Waals surface area (Å²) in [6.45, 7) is 4.84. The van der Waals surface area contributed by atoms with Gasteiger partial charge in [-0.25, -0.2) is 14.4 Å². The molecular weight excluding hydrogens is 325 g/mol. The van der Waals surface area contributed by atoms with E-state index in [1.807, 2.05) is 0 Å². The third-order valence-electron chi connectivity index (χ3n) is 2.44. The number of rotatable bonds is 5. The molecule has 1 aromatic heterocycles. The summed E-state index contributed by atoms with van der Waals surface area (Å²) in [5.74, 6) is -0.0305. The lowest BCUT2D eigenvalue weighted by atomic mass is 10.3. The number of nitrogens with one attached hydrogen (secondary N) is 1. The Morgan fingerprint density at radius 2 is 1.95 bits per heavy atom. The zero-order valence-corrected chi connectivity index (χ0v) is 12.8. The maximum atomic E-state index is 13.2. The van der Waals surface area contributed by atoms with Crippen LogP contribution in [-0.4, -0.2) is 16.0 Å². The highest BCUT2D eigenvalue weighted by atomic mass is 79.9. The Bertz CT molecular complexity index is 555. The lowest BCUT2D eigenvalue weighted by Crippen LogP contribution is -2.21. The maximum Gasteiger partial charge on any atom is 0.321 e. The van der Waals surface area contributed by atoms with E-state index < -0.39 is 0 Å². The average molecular weight is 340 g/mol. The van der Waals surface area contributed by atoms with Crippen LogP contribution in [0.15, 0.2) is 35.1 Å². The normalized spacial score (nSPS) is 10.8. The molecule has 1 aromatic carbocycles. The van der Waals surface area contributed by atoms with E-state index in [1.165, 1.54) is 12.1 Å². The third kappa shape index (κ3) is 4.54. The van der Waals surface area contributed by atoms with Crippen molar-refractivity contribution in [1.29, 1.82) is 0 Å². The second kappa shape index (κ2) is 6.76. The highest BCUT2D eigenvalue weighted by Gasteiger charge is 2.04. The lowest BCUT2D eigenvalue weighted by Gasteiger charge is -2.08. The average Bonchev–Trinajstić information content (AvgIpc) is 2.36. The second-order valence-electron chi connectivity index (χ2n) is 4.62. The van der Waals surface area contributed by atoms with Gasteiger partial charge < -0.3 is 10.1 Å². The van der Waals surface area contributed by atoms with E-state index in [1.54, 1.807) is 18.5 Å². The largest absolute Gasteiger partial charge is 0.424 e. The highest BCUT2D eigenvalue weighted by molar-refractivity contribution is 9.10. The zero-order chi connectivity index (χ0) is 14.5. The SMILES string of the molecule is CC(C)NCc1cnc(Oc2cc(F)cc(Br)c2)nc1. The van der Waals surface area contributed by atoms with Gasteiger partial charge >= 0.3 is 6.01 Å². The van der Waals surface area contributed by atoms with E-state index in [4.69, 9.17) is 4.74 Å². The quantitative estimate of drug-likeness (QED) is 0.902. The first kappa shape index (κ1) is 14.9. The monoisotopic (exact) mass is 339 g/mol. The summed E-state index contributed by atoms with van der Waals surface area (Å²) in [7, 11) is 0. The Labute approximate surface area is 125 Å². The van der Waals surface area contributed by atoms with Crippen LogP contribution in [-0.2, 0) is 6.54 Å². The van der Waals surface area contributed by atoms with Gasteiger partial charge in [-0.1, -0.05) is 29.8 Å². The predicted octanol–water partition coefficient (Wildman–Crippen LogP) is 3.67. The fourth-order valence-corrected chi connectivity index (χ4v) is 1.95. The van der Waals surface area contributed by atoms with Gasteiger partial charge in [0.1, 0.15) is 11.6 Å². The molecule has 0 radical (unpaired) electrons. The van der Waals surface area contributed by atoms with Crippen LogP contribution < -0.4 is 10.1 Å². The van der Waals surface area contributed by atoms with E-state index in [2.05, 4.69) is 45.1 Å². The topological polar surface area (TPSA) is 47.0 Å². The molecule has 20 heavy (non-hydrogen) atoms. The number of benzene rings is 1. The number of hydrogen-bond donors (Lipinski definition) is 1. The number of hydrogen-bond acceptors (Lipinski definition) is 4. The number of nitrogens with zero attached hydrogens (tertiary/aromatic N) is 2. The molecule has 106 valence electrons. The summed E-state index contributed by atoms with van der Waals surface area (Å²) in [4.78, 5) is 8.20. The minimum Gasteiger partial charge on any atom is -0.424 e. The van der Waals surface area contributed by atoms with E-state index in [9.17, 15) is 4.39 Å². The zero-order valence-electron chi connectivity index (χ0n) is 11.2. The van der Waals surface area contributed by atoms with E-state index in [-0.39, 0.29) is 11.8 Å². The first-order valence-electron chi connectivity index (χ1n) is 6.21. The van der Waals surface area contributed by atoms with Crippen molar-refractivity contribution in [2.24, 2.45) is 0 Å². The summed E-state index contributed by atoms with van der Waals surface area (Å²) >= 11 is 3.20. The van der Waals surface area contributed by atoms with Gasteiger partial charge in [0.2, 0.25) is 0 Å². The number of halogens is 2. The third-order valence-corrected chi connectivity index (χ3v) is 2.90. The van der Waals surface area contributed by atoms with Crippen LogP contribution in [0.4, 0.5) is 4.39 Å². The molecule has 0 fully saturated rings. The molecule has 4 nitrogen and oxygen atoms in total. The van der Waals surface area contributed by atoms with E-state index >= 15 is 0 Å². The van der Waals surface area contributed by atoms with Gasteiger partial charge in [-0.15, -0.1) is 0 Å². The standard InChI is InChI=1S/C14H15BrFN3O/c1-9(2)17-6-10-7-18-14(19-8-10)20-13-4-11(15)3-12(16)5-13/h3-5,7-9,17H,6H2,1-2H3. The van der Waals surface area contributed by atoms with Crippen LogP contribution in [0.25, 0.3) is 0 Å². The molecule has 0 amide bonds. The molecule has 0 aliphatic heterocycles. The fraction of sp³-hybridized carbons (Fsp3) is 0.286. The summed E-state index contributed by atoms with van der Waals surface area (Å²) in [6.07, 6.45) is 3.37. The lowest BCUT2D eigenvalue weighted by molar-refractivity contribution is 0.436.